The Hall–Kier alpha value is -1.17. The molecule has 2 rings (SSSR count). The highest BCUT2D eigenvalue weighted by atomic mass is 79.9. The van der Waals surface area contributed by atoms with Crippen LogP contribution in [0, 0.1) is 0 Å². The average Bonchev–Trinajstić information content (AvgIpc) is 2.96. The molecule has 0 aliphatic rings. The lowest BCUT2D eigenvalue weighted by molar-refractivity contribution is 0.302. The summed E-state index contributed by atoms with van der Waals surface area (Å²) in [6.45, 7) is 9.30. The molecule has 0 aliphatic carbocycles. The Balaban J connectivity index is 1.85. The molecule has 0 fully saturated rings. The SMILES string of the molecule is CCN(CC)CCNCc1coc(-c2ccccc2Br)n1. The van der Waals surface area contributed by atoms with Gasteiger partial charge in [0.1, 0.15) is 6.26 Å². The maximum atomic E-state index is 5.56. The van der Waals surface area contributed by atoms with Crippen LogP contribution in [0.15, 0.2) is 39.4 Å². The molecule has 21 heavy (non-hydrogen) atoms. The van der Waals surface area contributed by atoms with E-state index in [1.54, 1.807) is 6.26 Å². The first-order valence-corrected chi connectivity index (χ1v) is 8.16. The first-order chi connectivity index (χ1) is 10.2. The second-order valence-electron chi connectivity index (χ2n) is 4.83. The molecular formula is C16H22BrN3O. The van der Waals surface area contributed by atoms with Crippen LogP contribution in [0.2, 0.25) is 0 Å². The van der Waals surface area contributed by atoms with Crippen molar-refractivity contribution in [1.82, 2.24) is 15.2 Å². The molecule has 0 bridgehead atoms. The quantitative estimate of drug-likeness (QED) is 0.738. The molecular weight excluding hydrogens is 330 g/mol. The van der Waals surface area contributed by atoms with Gasteiger partial charge in [-0.15, -0.1) is 0 Å². The molecule has 1 N–H and O–H groups in total. The van der Waals surface area contributed by atoms with E-state index in [4.69, 9.17) is 4.42 Å². The van der Waals surface area contributed by atoms with E-state index in [-0.39, 0.29) is 0 Å². The standard InChI is InChI=1S/C16H22BrN3O/c1-3-20(4-2)10-9-18-11-13-12-21-16(19-13)14-7-5-6-8-15(14)17/h5-8,12,18H,3-4,9-11H2,1-2H3. The van der Waals surface area contributed by atoms with Crippen LogP contribution in [0.4, 0.5) is 0 Å². The molecule has 0 saturated heterocycles. The number of rotatable bonds is 8. The van der Waals surface area contributed by atoms with Gasteiger partial charge in [0.15, 0.2) is 0 Å². The number of hydrogen-bond acceptors (Lipinski definition) is 4. The lowest BCUT2D eigenvalue weighted by atomic mass is 10.2. The molecule has 1 aromatic carbocycles. The number of oxazole rings is 1. The average molecular weight is 352 g/mol. The number of nitrogens with zero attached hydrogens (tertiary/aromatic N) is 2. The van der Waals surface area contributed by atoms with Crippen LogP contribution >= 0.6 is 15.9 Å². The summed E-state index contributed by atoms with van der Waals surface area (Å²) in [5.41, 5.74) is 1.91. The van der Waals surface area contributed by atoms with E-state index in [2.05, 4.69) is 45.0 Å². The number of hydrogen-bond donors (Lipinski definition) is 1. The van der Waals surface area contributed by atoms with Gasteiger partial charge in [0.05, 0.1) is 11.3 Å². The maximum Gasteiger partial charge on any atom is 0.227 e. The van der Waals surface area contributed by atoms with E-state index in [0.717, 1.165) is 48.5 Å². The number of halogens is 1. The molecule has 0 unspecified atom stereocenters. The topological polar surface area (TPSA) is 41.3 Å². The summed E-state index contributed by atoms with van der Waals surface area (Å²) in [4.78, 5) is 6.92. The summed E-state index contributed by atoms with van der Waals surface area (Å²) in [5.74, 6) is 0.656. The van der Waals surface area contributed by atoms with E-state index in [1.165, 1.54) is 0 Å². The van der Waals surface area contributed by atoms with Gasteiger partial charge < -0.3 is 14.6 Å². The van der Waals surface area contributed by atoms with Crippen molar-refractivity contribution in [3.05, 3.63) is 40.7 Å². The molecule has 0 amide bonds. The van der Waals surface area contributed by atoms with Crippen molar-refractivity contribution < 1.29 is 4.42 Å². The molecule has 1 heterocycles. The third-order valence-electron chi connectivity index (χ3n) is 3.46. The Labute approximate surface area is 134 Å². The van der Waals surface area contributed by atoms with Gasteiger partial charge in [0, 0.05) is 24.1 Å². The Morgan fingerprint density at radius 2 is 2.00 bits per heavy atom. The first kappa shape index (κ1) is 16.2. The molecule has 2 aromatic rings. The van der Waals surface area contributed by atoms with Crippen molar-refractivity contribution in [1.29, 1.82) is 0 Å². The Morgan fingerprint density at radius 3 is 2.71 bits per heavy atom. The van der Waals surface area contributed by atoms with Crippen LogP contribution in [0.1, 0.15) is 19.5 Å². The Bertz CT molecular complexity index is 552. The van der Waals surface area contributed by atoms with Crippen LogP contribution in [0.3, 0.4) is 0 Å². The molecule has 0 atom stereocenters. The molecule has 0 saturated carbocycles. The molecule has 0 aliphatic heterocycles. The summed E-state index contributed by atoms with van der Waals surface area (Å²) >= 11 is 3.52. The monoisotopic (exact) mass is 351 g/mol. The first-order valence-electron chi connectivity index (χ1n) is 7.37. The van der Waals surface area contributed by atoms with Gasteiger partial charge in [0.2, 0.25) is 5.89 Å². The predicted octanol–water partition coefficient (Wildman–Crippen LogP) is 3.54. The Kier molecular flexibility index (Phi) is 6.42. The van der Waals surface area contributed by atoms with Crippen molar-refractivity contribution in [3.8, 4) is 11.5 Å². The van der Waals surface area contributed by atoms with Crippen molar-refractivity contribution in [2.75, 3.05) is 26.2 Å². The lowest BCUT2D eigenvalue weighted by Crippen LogP contribution is -2.31. The van der Waals surface area contributed by atoms with E-state index < -0.39 is 0 Å². The van der Waals surface area contributed by atoms with Gasteiger partial charge in [-0.25, -0.2) is 4.98 Å². The largest absolute Gasteiger partial charge is 0.444 e. The van der Waals surface area contributed by atoms with E-state index in [0.29, 0.717) is 5.89 Å². The van der Waals surface area contributed by atoms with Crippen LogP contribution in [0.25, 0.3) is 11.5 Å². The fourth-order valence-electron chi connectivity index (χ4n) is 2.14. The fraction of sp³-hybridized carbons (Fsp3) is 0.438. The third kappa shape index (κ3) is 4.66. The second-order valence-corrected chi connectivity index (χ2v) is 5.68. The minimum absolute atomic E-state index is 0.656. The van der Waals surface area contributed by atoms with Crippen molar-refractivity contribution >= 4 is 15.9 Å². The van der Waals surface area contributed by atoms with Gasteiger partial charge in [-0.3, -0.25) is 0 Å². The normalized spacial score (nSPS) is 11.2. The van der Waals surface area contributed by atoms with Crippen LogP contribution in [-0.2, 0) is 6.54 Å². The van der Waals surface area contributed by atoms with Gasteiger partial charge in [-0.1, -0.05) is 26.0 Å². The fourth-order valence-corrected chi connectivity index (χ4v) is 2.59. The molecule has 0 radical (unpaired) electrons. The molecule has 4 nitrogen and oxygen atoms in total. The zero-order valence-corrected chi connectivity index (χ0v) is 14.2. The van der Waals surface area contributed by atoms with Crippen LogP contribution < -0.4 is 5.32 Å². The Morgan fingerprint density at radius 1 is 1.24 bits per heavy atom. The summed E-state index contributed by atoms with van der Waals surface area (Å²) in [7, 11) is 0. The van der Waals surface area contributed by atoms with Crippen LogP contribution in [0.5, 0.6) is 0 Å². The number of benzene rings is 1. The number of likely N-dealkylation sites (N-methyl/N-ethyl adjacent to an activating group) is 1. The summed E-state index contributed by atoms with van der Waals surface area (Å²) in [6.07, 6.45) is 1.72. The third-order valence-corrected chi connectivity index (χ3v) is 4.15. The predicted molar refractivity (Wildman–Crippen MR) is 89.1 cm³/mol. The molecule has 114 valence electrons. The van der Waals surface area contributed by atoms with Gasteiger partial charge >= 0.3 is 0 Å². The highest BCUT2D eigenvalue weighted by Gasteiger charge is 2.09. The number of nitrogens with one attached hydrogen (secondary N) is 1. The summed E-state index contributed by atoms with van der Waals surface area (Å²) in [5, 5.41) is 3.40. The van der Waals surface area contributed by atoms with Crippen LogP contribution in [-0.4, -0.2) is 36.1 Å². The summed E-state index contributed by atoms with van der Waals surface area (Å²) in [6, 6.07) is 7.94. The zero-order valence-electron chi connectivity index (χ0n) is 12.6. The van der Waals surface area contributed by atoms with Crippen molar-refractivity contribution in [2.45, 2.75) is 20.4 Å². The van der Waals surface area contributed by atoms with Crippen molar-refractivity contribution in [3.63, 3.8) is 0 Å². The van der Waals surface area contributed by atoms with Gasteiger partial charge in [0.25, 0.3) is 0 Å². The molecule has 1 aromatic heterocycles. The minimum atomic E-state index is 0.656. The highest BCUT2D eigenvalue weighted by molar-refractivity contribution is 9.10. The maximum absolute atomic E-state index is 5.56. The van der Waals surface area contributed by atoms with Gasteiger partial charge in [-0.2, -0.15) is 0 Å². The highest BCUT2D eigenvalue weighted by Crippen LogP contribution is 2.26. The van der Waals surface area contributed by atoms with E-state index in [1.807, 2.05) is 24.3 Å². The summed E-state index contributed by atoms with van der Waals surface area (Å²) < 4.78 is 6.55. The zero-order chi connectivity index (χ0) is 15.1. The lowest BCUT2D eigenvalue weighted by Gasteiger charge is -2.17. The van der Waals surface area contributed by atoms with Crippen molar-refractivity contribution in [2.24, 2.45) is 0 Å². The van der Waals surface area contributed by atoms with E-state index in [9.17, 15) is 0 Å². The molecule has 5 heteroatoms. The molecule has 0 spiro atoms. The smallest absolute Gasteiger partial charge is 0.227 e. The van der Waals surface area contributed by atoms with Gasteiger partial charge in [-0.05, 0) is 41.2 Å². The minimum Gasteiger partial charge on any atom is -0.444 e. The van der Waals surface area contributed by atoms with E-state index >= 15 is 0 Å². The number of aromatic nitrogens is 1. The second kappa shape index (κ2) is 8.32.